The minimum atomic E-state index is -1.08. The maximum atomic E-state index is 14.3. The zero-order valence-electron chi connectivity index (χ0n) is 23.5. The largest absolute Gasteiger partial charge is 0.508 e. The van der Waals surface area contributed by atoms with Crippen molar-refractivity contribution in [2.45, 2.75) is 91.1 Å². The number of rotatable bonds is 8. The lowest BCUT2D eigenvalue weighted by Crippen LogP contribution is -2.59. The number of amides is 3. The van der Waals surface area contributed by atoms with Crippen molar-refractivity contribution in [2.75, 3.05) is 0 Å². The first-order valence-corrected chi connectivity index (χ1v) is 12.7. The highest BCUT2D eigenvalue weighted by atomic mass is 16.6. The minimum absolute atomic E-state index is 0.0298. The molecule has 0 aliphatic heterocycles. The molecule has 0 aliphatic carbocycles. The molecule has 4 N–H and O–H groups in total. The van der Waals surface area contributed by atoms with Crippen molar-refractivity contribution in [2.24, 2.45) is 0 Å². The molecule has 0 saturated carbocycles. The van der Waals surface area contributed by atoms with Crippen LogP contribution >= 0.6 is 0 Å². The van der Waals surface area contributed by atoms with E-state index in [1.165, 1.54) is 29.2 Å². The first kappa shape index (κ1) is 30.5. The van der Waals surface area contributed by atoms with E-state index in [0.717, 1.165) is 0 Å². The number of hydrogen-bond acceptors (Lipinski definition) is 6. The van der Waals surface area contributed by atoms with Gasteiger partial charge in [-0.15, -0.1) is 0 Å². The first-order valence-electron chi connectivity index (χ1n) is 12.7. The molecule has 0 bridgehead atoms. The van der Waals surface area contributed by atoms with Crippen molar-refractivity contribution in [3.63, 3.8) is 0 Å². The molecule has 0 aliphatic rings. The molecule has 2 aromatic carbocycles. The van der Waals surface area contributed by atoms with Crippen LogP contribution in [0.5, 0.6) is 11.5 Å². The summed E-state index contributed by atoms with van der Waals surface area (Å²) in [7, 11) is 0. The lowest BCUT2D eigenvalue weighted by molar-refractivity contribution is -0.148. The third-order valence-electron chi connectivity index (χ3n) is 5.47. The van der Waals surface area contributed by atoms with Crippen molar-refractivity contribution >= 4 is 17.9 Å². The predicted octanol–water partition coefficient (Wildman–Crippen LogP) is 4.43. The summed E-state index contributed by atoms with van der Waals surface area (Å²) in [5, 5.41) is 25.1. The number of phenolic OH excluding ortho intramolecular Hbond substituents is 2. The van der Waals surface area contributed by atoms with E-state index in [2.05, 4.69) is 10.6 Å². The molecule has 2 rings (SSSR count). The smallest absolute Gasteiger partial charge is 0.408 e. The van der Waals surface area contributed by atoms with Gasteiger partial charge >= 0.3 is 6.09 Å². The second-order valence-electron chi connectivity index (χ2n) is 11.6. The van der Waals surface area contributed by atoms with Gasteiger partial charge in [0, 0.05) is 18.0 Å². The number of nitrogens with one attached hydrogen (secondary N) is 2. The zero-order chi connectivity index (χ0) is 28.8. The maximum absolute atomic E-state index is 14.3. The molecule has 9 heteroatoms. The molecule has 3 amide bonds. The summed E-state index contributed by atoms with van der Waals surface area (Å²) < 4.78 is 5.43. The Balaban J connectivity index is 2.60. The molecule has 2 atom stereocenters. The van der Waals surface area contributed by atoms with Gasteiger partial charge < -0.3 is 30.5 Å². The molecular formula is C29H41N3O6. The molecular weight excluding hydrogens is 486 g/mol. The molecule has 208 valence electrons. The Morgan fingerprint density at radius 2 is 1.34 bits per heavy atom. The lowest BCUT2D eigenvalue weighted by Gasteiger charge is -2.43. The summed E-state index contributed by atoms with van der Waals surface area (Å²) in [6.07, 6.45) is -0.671. The van der Waals surface area contributed by atoms with Crippen LogP contribution in [0.2, 0.25) is 0 Å². The molecule has 2 unspecified atom stereocenters. The average Bonchev–Trinajstić information content (AvgIpc) is 2.76. The van der Waals surface area contributed by atoms with Crippen LogP contribution in [0.4, 0.5) is 4.79 Å². The van der Waals surface area contributed by atoms with Crippen molar-refractivity contribution < 1.29 is 29.3 Å². The number of carbonyl (C=O) groups excluding carboxylic acids is 3. The minimum Gasteiger partial charge on any atom is -0.508 e. The molecule has 9 nitrogen and oxygen atoms in total. The van der Waals surface area contributed by atoms with Crippen molar-refractivity contribution in [3.8, 4) is 11.5 Å². The Bertz CT molecular complexity index is 1100. The second-order valence-corrected chi connectivity index (χ2v) is 11.6. The van der Waals surface area contributed by atoms with Crippen molar-refractivity contribution in [1.82, 2.24) is 15.5 Å². The van der Waals surface area contributed by atoms with Crippen LogP contribution in [0.15, 0.2) is 48.5 Å². The Morgan fingerprint density at radius 3 is 1.79 bits per heavy atom. The summed E-state index contributed by atoms with van der Waals surface area (Å²) in [6, 6.07) is 10.1. The molecule has 0 heterocycles. The Hall–Kier alpha value is -3.75. The number of phenols is 2. The van der Waals surface area contributed by atoms with Gasteiger partial charge in [0.2, 0.25) is 11.8 Å². The van der Waals surface area contributed by atoms with E-state index in [-0.39, 0.29) is 24.0 Å². The Kier molecular flexibility index (Phi) is 9.78. The van der Waals surface area contributed by atoms with Gasteiger partial charge in [-0.25, -0.2) is 4.79 Å². The van der Waals surface area contributed by atoms with Crippen LogP contribution in [0.3, 0.4) is 0 Å². The Morgan fingerprint density at radius 1 is 0.842 bits per heavy atom. The van der Waals surface area contributed by atoms with Gasteiger partial charge in [0.05, 0.1) is 0 Å². The number of benzene rings is 2. The van der Waals surface area contributed by atoms with Crippen LogP contribution in [0, 0.1) is 0 Å². The van der Waals surface area contributed by atoms with Gasteiger partial charge in [-0.05, 0) is 90.8 Å². The first-order chi connectivity index (χ1) is 17.5. The summed E-state index contributed by atoms with van der Waals surface area (Å²) in [6.45, 7) is 14.3. The summed E-state index contributed by atoms with van der Waals surface area (Å²) in [4.78, 5) is 42.1. The van der Waals surface area contributed by atoms with E-state index >= 15 is 0 Å². The van der Waals surface area contributed by atoms with E-state index in [1.807, 2.05) is 34.6 Å². The van der Waals surface area contributed by atoms with Crippen molar-refractivity contribution in [3.05, 3.63) is 59.7 Å². The van der Waals surface area contributed by atoms with Gasteiger partial charge in [-0.1, -0.05) is 24.3 Å². The number of aromatic hydroxyl groups is 2. The van der Waals surface area contributed by atoms with Crippen molar-refractivity contribution in [1.29, 1.82) is 0 Å². The number of hydrogen-bond donors (Lipinski definition) is 4. The third-order valence-corrected chi connectivity index (χ3v) is 5.47. The summed E-state index contributed by atoms with van der Waals surface area (Å²) in [5.41, 5.74) is -0.439. The van der Waals surface area contributed by atoms with Crippen LogP contribution in [0.1, 0.15) is 72.6 Å². The molecule has 0 aromatic heterocycles. The van der Waals surface area contributed by atoms with E-state index in [1.54, 1.807) is 45.0 Å². The molecule has 0 saturated heterocycles. The zero-order valence-corrected chi connectivity index (χ0v) is 23.5. The van der Waals surface area contributed by atoms with E-state index in [4.69, 9.17) is 4.74 Å². The molecule has 38 heavy (non-hydrogen) atoms. The quantitative estimate of drug-likeness (QED) is 0.402. The fraction of sp³-hybridized carbons (Fsp3) is 0.483. The lowest BCUT2D eigenvalue weighted by atomic mass is 9.94. The van der Waals surface area contributed by atoms with Crippen LogP contribution < -0.4 is 10.6 Å². The second kappa shape index (κ2) is 12.2. The van der Waals surface area contributed by atoms with Crippen LogP contribution in [-0.4, -0.2) is 56.2 Å². The SMILES string of the molecule is CC(C)NC(=O)C(c1ccc(O)cc1)N(C(=O)C(Cc1ccc(O)cc1)NC(=O)OC(C)(C)C)C(C)(C)C. The molecule has 2 aromatic rings. The highest BCUT2D eigenvalue weighted by Crippen LogP contribution is 2.31. The Labute approximate surface area is 225 Å². The monoisotopic (exact) mass is 527 g/mol. The number of carbonyl (C=O) groups is 3. The number of ether oxygens (including phenoxy) is 1. The molecule has 0 spiro atoms. The van der Waals surface area contributed by atoms with Crippen LogP contribution in [-0.2, 0) is 20.7 Å². The summed E-state index contributed by atoms with van der Waals surface area (Å²) >= 11 is 0. The van der Waals surface area contributed by atoms with Crippen LogP contribution in [0.25, 0.3) is 0 Å². The van der Waals surface area contributed by atoms with Gasteiger partial charge in [-0.2, -0.15) is 0 Å². The normalized spacial score (nSPS) is 13.4. The maximum Gasteiger partial charge on any atom is 0.408 e. The molecule has 0 radical (unpaired) electrons. The van der Waals surface area contributed by atoms with E-state index in [9.17, 15) is 24.6 Å². The van der Waals surface area contributed by atoms with Gasteiger partial charge in [-0.3, -0.25) is 9.59 Å². The fourth-order valence-corrected chi connectivity index (χ4v) is 3.97. The summed E-state index contributed by atoms with van der Waals surface area (Å²) in [5.74, 6) is -0.781. The standard InChI is InChI=1S/C29H41N3O6/c1-18(2)30-25(35)24(20-11-15-22(34)16-12-20)32(28(3,4)5)26(36)23(31-27(37)38-29(6,7)8)17-19-9-13-21(33)14-10-19/h9-16,18,23-24,33-34H,17H2,1-8H3,(H,30,35)(H,31,37). The van der Waals surface area contributed by atoms with E-state index < -0.39 is 41.1 Å². The van der Waals surface area contributed by atoms with Gasteiger partial charge in [0.25, 0.3) is 0 Å². The highest BCUT2D eigenvalue weighted by Gasteiger charge is 2.42. The highest BCUT2D eigenvalue weighted by molar-refractivity contribution is 5.93. The number of nitrogens with zero attached hydrogens (tertiary/aromatic N) is 1. The predicted molar refractivity (Wildman–Crippen MR) is 146 cm³/mol. The van der Waals surface area contributed by atoms with Gasteiger partial charge in [0.15, 0.2) is 0 Å². The third kappa shape index (κ3) is 8.97. The number of alkyl carbamates (subject to hydrolysis) is 1. The average molecular weight is 528 g/mol. The topological polar surface area (TPSA) is 128 Å². The van der Waals surface area contributed by atoms with E-state index in [0.29, 0.717) is 11.1 Å². The van der Waals surface area contributed by atoms with Gasteiger partial charge in [0.1, 0.15) is 29.2 Å². The molecule has 0 fully saturated rings. The fourth-order valence-electron chi connectivity index (χ4n) is 3.97.